The lowest BCUT2D eigenvalue weighted by molar-refractivity contribution is 1.02. The maximum absolute atomic E-state index is 5.68. The molecule has 0 bridgehead atoms. The Kier molecular flexibility index (Phi) is 1.71. The third kappa shape index (κ3) is 1.15. The van der Waals surface area contributed by atoms with E-state index in [4.69, 9.17) is 17.3 Å². The quantitative estimate of drug-likeness (QED) is 0.711. The van der Waals surface area contributed by atoms with Crippen LogP contribution in [0.4, 0.5) is 0 Å². The molecule has 2 N–H and O–H groups in total. The number of fused-ring (bicyclic) bond motifs is 1. The lowest BCUT2D eigenvalue weighted by Gasteiger charge is -1.90. The first kappa shape index (κ1) is 7.52. The molecule has 0 unspecified atom stereocenters. The summed E-state index contributed by atoms with van der Waals surface area (Å²) in [5.41, 5.74) is 7.02. The van der Waals surface area contributed by atoms with Gasteiger partial charge < -0.3 is 10.1 Å². The van der Waals surface area contributed by atoms with Gasteiger partial charge in [0.25, 0.3) is 0 Å². The number of aromatic nitrogens is 3. The van der Waals surface area contributed by atoms with Crippen molar-refractivity contribution >= 4 is 17.2 Å². The van der Waals surface area contributed by atoms with E-state index in [9.17, 15) is 0 Å². The minimum Gasteiger partial charge on any atom is -0.325 e. The largest absolute Gasteiger partial charge is 0.325 e. The van der Waals surface area contributed by atoms with Crippen molar-refractivity contribution in [1.82, 2.24) is 14.4 Å². The zero-order chi connectivity index (χ0) is 8.55. The lowest BCUT2D eigenvalue weighted by Crippen LogP contribution is -1.95. The first-order chi connectivity index (χ1) is 5.79. The molecule has 0 aliphatic heterocycles. The standard InChI is InChI=1S/C7H7ClN4/c8-6-4-12-3-5(1-9)11-7(12)2-10-6/h2-4H,1,9H2. The zero-order valence-corrected chi connectivity index (χ0v) is 6.99. The third-order valence-corrected chi connectivity index (χ3v) is 1.76. The van der Waals surface area contributed by atoms with Gasteiger partial charge in [-0.15, -0.1) is 0 Å². The van der Waals surface area contributed by atoms with Crippen LogP contribution in [0.5, 0.6) is 0 Å². The average Bonchev–Trinajstić information content (AvgIpc) is 2.46. The van der Waals surface area contributed by atoms with E-state index in [1.165, 1.54) is 0 Å². The van der Waals surface area contributed by atoms with E-state index < -0.39 is 0 Å². The summed E-state index contributed by atoms with van der Waals surface area (Å²) >= 11 is 5.68. The van der Waals surface area contributed by atoms with Crippen LogP contribution in [-0.4, -0.2) is 14.4 Å². The summed E-state index contributed by atoms with van der Waals surface area (Å²) in [6.07, 6.45) is 5.15. The summed E-state index contributed by atoms with van der Waals surface area (Å²) in [6.45, 7) is 0.430. The van der Waals surface area contributed by atoms with Crippen LogP contribution >= 0.6 is 11.6 Å². The molecule has 4 nitrogen and oxygen atoms in total. The fourth-order valence-electron chi connectivity index (χ4n) is 1.03. The Morgan fingerprint density at radius 3 is 3.08 bits per heavy atom. The average molecular weight is 183 g/mol. The second-order valence-corrected chi connectivity index (χ2v) is 2.80. The Morgan fingerprint density at radius 2 is 2.33 bits per heavy atom. The Hall–Kier alpha value is -1.13. The smallest absolute Gasteiger partial charge is 0.155 e. The van der Waals surface area contributed by atoms with Crippen LogP contribution in [0.25, 0.3) is 5.65 Å². The van der Waals surface area contributed by atoms with Crippen LogP contribution in [0.3, 0.4) is 0 Å². The highest BCUT2D eigenvalue weighted by molar-refractivity contribution is 6.29. The van der Waals surface area contributed by atoms with Crippen LogP contribution < -0.4 is 5.73 Å². The first-order valence-corrected chi connectivity index (χ1v) is 3.86. The van der Waals surface area contributed by atoms with Gasteiger partial charge in [0.2, 0.25) is 0 Å². The van der Waals surface area contributed by atoms with E-state index in [0.29, 0.717) is 11.7 Å². The summed E-state index contributed by atoms with van der Waals surface area (Å²) in [6, 6.07) is 0. The molecule has 2 rings (SSSR count). The maximum Gasteiger partial charge on any atom is 0.155 e. The van der Waals surface area contributed by atoms with Crippen LogP contribution in [0.2, 0.25) is 5.15 Å². The zero-order valence-electron chi connectivity index (χ0n) is 6.24. The van der Waals surface area contributed by atoms with Crippen LogP contribution in [-0.2, 0) is 6.54 Å². The highest BCUT2D eigenvalue weighted by Crippen LogP contribution is 2.07. The van der Waals surface area contributed by atoms with Gasteiger partial charge in [0.05, 0.1) is 11.9 Å². The Balaban J connectivity index is 2.67. The molecule has 2 heterocycles. The molecule has 0 aliphatic carbocycles. The molecular formula is C7H7ClN4. The van der Waals surface area contributed by atoms with Gasteiger partial charge in [0.15, 0.2) is 5.65 Å². The number of imidazole rings is 1. The molecule has 0 radical (unpaired) electrons. The van der Waals surface area contributed by atoms with Crippen molar-refractivity contribution in [2.75, 3.05) is 0 Å². The summed E-state index contributed by atoms with van der Waals surface area (Å²) in [7, 11) is 0. The minimum absolute atomic E-state index is 0.430. The monoisotopic (exact) mass is 182 g/mol. The number of hydrogen-bond donors (Lipinski definition) is 1. The van der Waals surface area contributed by atoms with Gasteiger partial charge in [0, 0.05) is 18.9 Å². The normalized spacial score (nSPS) is 10.8. The molecule has 2 aromatic heterocycles. The van der Waals surface area contributed by atoms with Crippen LogP contribution in [0.1, 0.15) is 5.69 Å². The van der Waals surface area contributed by atoms with E-state index in [1.54, 1.807) is 16.8 Å². The molecule has 0 aromatic carbocycles. The van der Waals surface area contributed by atoms with Crippen LogP contribution in [0.15, 0.2) is 18.6 Å². The van der Waals surface area contributed by atoms with Crippen molar-refractivity contribution in [2.24, 2.45) is 5.73 Å². The number of hydrogen-bond acceptors (Lipinski definition) is 3. The van der Waals surface area contributed by atoms with Crippen molar-refractivity contribution in [3.05, 3.63) is 29.4 Å². The Labute approximate surface area is 74.0 Å². The van der Waals surface area contributed by atoms with Crippen molar-refractivity contribution < 1.29 is 0 Å². The van der Waals surface area contributed by atoms with Crippen molar-refractivity contribution in [3.8, 4) is 0 Å². The fourth-order valence-corrected chi connectivity index (χ4v) is 1.18. The maximum atomic E-state index is 5.68. The molecule has 0 aliphatic rings. The van der Waals surface area contributed by atoms with E-state index >= 15 is 0 Å². The summed E-state index contributed by atoms with van der Waals surface area (Å²) in [4.78, 5) is 8.09. The van der Waals surface area contributed by atoms with Gasteiger partial charge in [-0.1, -0.05) is 11.6 Å². The summed E-state index contributed by atoms with van der Waals surface area (Å²) in [5.74, 6) is 0. The van der Waals surface area contributed by atoms with Gasteiger partial charge in [-0.3, -0.25) is 0 Å². The molecular weight excluding hydrogens is 176 g/mol. The van der Waals surface area contributed by atoms with Gasteiger partial charge in [0.1, 0.15) is 5.15 Å². The van der Waals surface area contributed by atoms with E-state index in [0.717, 1.165) is 11.3 Å². The van der Waals surface area contributed by atoms with Crippen molar-refractivity contribution in [1.29, 1.82) is 0 Å². The lowest BCUT2D eigenvalue weighted by atomic mass is 10.5. The SMILES string of the molecule is NCc1cn2cc(Cl)ncc2n1. The summed E-state index contributed by atoms with van der Waals surface area (Å²) in [5, 5.41) is 0.448. The van der Waals surface area contributed by atoms with Crippen molar-refractivity contribution in [3.63, 3.8) is 0 Å². The predicted molar refractivity (Wildman–Crippen MR) is 45.9 cm³/mol. The molecule has 0 atom stereocenters. The second-order valence-electron chi connectivity index (χ2n) is 2.41. The molecule has 0 amide bonds. The summed E-state index contributed by atoms with van der Waals surface area (Å²) < 4.78 is 1.80. The number of nitrogens with zero attached hydrogens (tertiary/aromatic N) is 3. The number of halogens is 1. The Morgan fingerprint density at radius 1 is 1.50 bits per heavy atom. The molecule has 5 heteroatoms. The topological polar surface area (TPSA) is 56.2 Å². The molecule has 0 spiro atoms. The Bertz CT molecular complexity index is 409. The van der Waals surface area contributed by atoms with E-state index in [-0.39, 0.29) is 0 Å². The van der Waals surface area contributed by atoms with Crippen LogP contribution in [0, 0.1) is 0 Å². The first-order valence-electron chi connectivity index (χ1n) is 3.49. The van der Waals surface area contributed by atoms with Gasteiger partial charge in [-0.2, -0.15) is 0 Å². The minimum atomic E-state index is 0.430. The molecule has 0 fully saturated rings. The second kappa shape index (κ2) is 2.73. The van der Waals surface area contributed by atoms with Gasteiger partial charge >= 0.3 is 0 Å². The fraction of sp³-hybridized carbons (Fsp3) is 0.143. The van der Waals surface area contributed by atoms with E-state index in [2.05, 4.69) is 9.97 Å². The molecule has 62 valence electrons. The third-order valence-electron chi connectivity index (χ3n) is 1.57. The molecule has 0 saturated carbocycles. The highest BCUT2D eigenvalue weighted by Gasteiger charge is 1.99. The van der Waals surface area contributed by atoms with E-state index in [1.807, 2.05) is 6.20 Å². The molecule has 12 heavy (non-hydrogen) atoms. The predicted octanol–water partition coefficient (Wildman–Crippen LogP) is 0.841. The molecule has 2 aromatic rings. The van der Waals surface area contributed by atoms with Gasteiger partial charge in [-0.05, 0) is 0 Å². The van der Waals surface area contributed by atoms with Crippen molar-refractivity contribution in [2.45, 2.75) is 6.54 Å². The van der Waals surface area contributed by atoms with Gasteiger partial charge in [-0.25, -0.2) is 9.97 Å². The number of rotatable bonds is 1. The number of nitrogens with two attached hydrogens (primary N) is 1. The highest BCUT2D eigenvalue weighted by atomic mass is 35.5. The molecule has 0 saturated heterocycles.